The Morgan fingerprint density at radius 1 is 1.27 bits per heavy atom. The maximum Gasteiger partial charge on any atom is 0.257 e. The van der Waals surface area contributed by atoms with Crippen molar-refractivity contribution in [1.82, 2.24) is 10.2 Å². The van der Waals surface area contributed by atoms with Crippen LogP contribution in [-0.4, -0.2) is 35.8 Å². The molecule has 2 amide bonds. The minimum Gasteiger partial charge on any atom is -0.472 e. The topological polar surface area (TPSA) is 62.6 Å². The Hall–Kier alpha value is -1.78. The minimum atomic E-state index is -0.0780. The number of nitrogens with one attached hydrogen (secondary N) is 1. The highest BCUT2D eigenvalue weighted by molar-refractivity contribution is 5.94. The van der Waals surface area contributed by atoms with Crippen LogP contribution in [0.15, 0.2) is 23.0 Å². The van der Waals surface area contributed by atoms with Gasteiger partial charge in [-0.25, -0.2) is 0 Å². The molecule has 1 unspecified atom stereocenters. The maximum absolute atomic E-state index is 12.4. The van der Waals surface area contributed by atoms with Gasteiger partial charge in [-0.2, -0.15) is 0 Å². The van der Waals surface area contributed by atoms with Gasteiger partial charge in [-0.1, -0.05) is 20.8 Å². The molecule has 22 heavy (non-hydrogen) atoms. The first-order chi connectivity index (χ1) is 10.4. The summed E-state index contributed by atoms with van der Waals surface area (Å²) in [7, 11) is 0. The number of rotatable bonds is 9. The lowest BCUT2D eigenvalue weighted by molar-refractivity contribution is -0.121. The summed E-state index contributed by atoms with van der Waals surface area (Å²) >= 11 is 0. The van der Waals surface area contributed by atoms with E-state index in [0.717, 1.165) is 12.8 Å². The molecule has 0 saturated heterocycles. The van der Waals surface area contributed by atoms with Crippen molar-refractivity contribution < 1.29 is 14.0 Å². The van der Waals surface area contributed by atoms with E-state index >= 15 is 0 Å². The maximum atomic E-state index is 12.4. The predicted molar refractivity (Wildman–Crippen MR) is 86.6 cm³/mol. The van der Waals surface area contributed by atoms with Crippen LogP contribution in [0.5, 0.6) is 0 Å². The number of hydrogen-bond acceptors (Lipinski definition) is 3. The van der Waals surface area contributed by atoms with Crippen molar-refractivity contribution in [2.45, 2.75) is 53.0 Å². The van der Waals surface area contributed by atoms with Gasteiger partial charge < -0.3 is 14.6 Å². The number of furan rings is 1. The Kier molecular flexibility index (Phi) is 7.71. The minimum absolute atomic E-state index is 0.0103. The summed E-state index contributed by atoms with van der Waals surface area (Å²) in [5, 5.41) is 2.93. The van der Waals surface area contributed by atoms with Crippen molar-refractivity contribution in [3.63, 3.8) is 0 Å². The van der Waals surface area contributed by atoms with Crippen LogP contribution in [0.3, 0.4) is 0 Å². The lowest BCUT2D eigenvalue weighted by Gasteiger charge is -2.23. The molecule has 5 heteroatoms. The summed E-state index contributed by atoms with van der Waals surface area (Å²) in [6.45, 7) is 9.33. The summed E-state index contributed by atoms with van der Waals surface area (Å²) in [6.07, 6.45) is 5.08. The molecule has 1 aromatic heterocycles. The molecular formula is C17H28N2O3. The Morgan fingerprint density at radius 2 is 2.00 bits per heavy atom. The second kappa shape index (κ2) is 9.28. The molecule has 1 aromatic rings. The van der Waals surface area contributed by atoms with Crippen LogP contribution in [0.25, 0.3) is 0 Å². The van der Waals surface area contributed by atoms with Gasteiger partial charge in [0.25, 0.3) is 5.91 Å². The summed E-state index contributed by atoms with van der Waals surface area (Å²) in [5.74, 6) is 0.420. The van der Waals surface area contributed by atoms with E-state index in [1.807, 2.05) is 13.8 Å². The van der Waals surface area contributed by atoms with Crippen LogP contribution in [0, 0.1) is 5.92 Å². The highest BCUT2D eigenvalue weighted by Gasteiger charge is 2.18. The smallest absolute Gasteiger partial charge is 0.257 e. The molecule has 1 rings (SSSR count). The second-order valence-corrected chi connectivity index (χ2v) is 6.11. The monoisotopic (exact) mass is 308 g/mol. The fourth-order valence-corrected chi connectivity index (χ4v) is 1.98. The van der Waals surface area contributed by atoms with E-state index in [9.17, 15) is 9.59 Å². The molecule has 0 bridgehead atoms. The van der Waals surface area contributed by atoms with E-state index in [0.29, 0.717) is 31.0 Å². The van der Waals surface area contributed by atoms with Crippen molar-refractivity contribution in [1.29, 1.82) is 0 Å². The van der Waals surface area contributed by atoms with Crippen LogP contribution in [0.2, 0.25) is 0 Å². The van der Waals surface area contributed by atoms with Crippen LogP contribution < -0.4 is 5.32 Å². The molecule has 1 heterocycles. The molecule has 0 saturated carbocycles. The first kappa shape index (κ1) is 18.3. The molecule has 0 spiro atoms. The molecule has 1 N–H and O–H groups in total. The molecule has 124 valence electrons. The fourth-order valence-electron chi connectivity index (χ4n) is 1.98. The zero-order valence-electron chi connectivity index (χ0n) is 14.1. The van der Waals surface area contributed by atoms with Crippen LogP contribution >= 0.6 is 0 Å². The highest BCUT2D eigenvalue weighted by Crippen LogP contribution is 2.10. The first-order valence-corrected chi connectivity index (χ1v) is 8.04. The van der Waals surface area contributed by atoms with Gasteiger partial charge in [0.15, 0.2) is 0 Å². The molecule has 5 nitrogen and oxygen atoms in total. The molecule has 0 aliphatic carbocycles. The standard InChI is InChI=1S/C17H28N2O3/c1-5-14(4)18-16(20)7-10-19(9-6-13(2)3)17(21)15-8-11-22-12-15/h8,11-14H,5-7,9-10H2,1-4H3,(H,18,20). The van der Waals surface area contributed by atoms with Gasteiger partial charge in [0, 0.05) is 25.6 Å². The third-order valence-electron chi connectivity index (χ3n) is 3.66. The first-order valence-electron chi connectivity index (χ1n) is 8.04. The molecular weight excluding hydrogens is 280 g/mol. The lowest BCUT2D eigenvalue weighted by Crippen LogP contribution is -2.38. The van der Waals surface area contributed by atoms with Crippen molar-refractivity contribution in [2.24, 2.45) is 5.92 Å². The van der Waals surface area contributed by atoms with Gasteiger partial charge in [0.2, 0.25) is 5.91 Å². The number of nitrogens with zero attached hydrogens (tertiary/aromatic N) is 1. The number of hydrogen-bond donors (Lipinski definition) is 1. The predicted octanol–water partition coefficient (Wildman–Crippen LogP) is 3.07. The molecule has 0 aliphatic heterocycles. The quantitative estimate of drug-likeness (QED) is 0.762. The Morgan fingerprint density at radius 3 is 2.55 bits per heavy atom. The van der Waals surface area contributed by atoms with Gasteiger partial charge in [0.1, 0.15) is 6.26 Å². The van der Waals surface area contributed by atoms with Gasteiger partial charge in [0.05, 0.1) is 11.8 Å². The lowest BCUT2D eigenvalue weighted by atomic mass is 10.1. The van der Waals surface area contributed by atoms with E-state index < -0.39 is 0 Å². The Bertz CT molecular complexity index is 454. The average molecular weight is 308 g/mol. The molecule has 0 aliphatic rings. The van der Waals surface area contributed by atoms with Crippen molar-refractivity contribution in [2.75, 3.05) is 13.1 Å². The zero-order chi connectivity index (χ0) is 16.5. The van der Waals surface area contributed by atoms with E-state index in [4.69, 9.17) is 4.42 Å². The van der Waals surface area contributed by atoms with Crippen molar-refractivity contribution in [3.05, 3.63) is 24.2 Å². The molecule has 0 aromatic carbocycles. The van der Waals surface area contributed by atoms with E-state index in [1.54, 1.807) is 11.0 Å². The third-order valence-corrected chi connectivity index (χ3v) is 3.66. The van der Waals surface area contributed by atoms with Gasteiger partial charge in [-0.3, -0.25) is 9.59 Å². The van der Waals surface area contributed by atoms with Gasteiger partial charge in [-0.05, 0) is 31.7 Å². The van der Waals surface area contributed by atoms with E-state index in [2.05, 4.69) is 19.2 Å². The van der Waals surface area contributed by atoms with E-state index in [-0.39, 0.29) is 17.9 Å². The summed E-state index contributed by atoms with van der Waals surface area (Å²) < 4.78 is 4.98. The second-order valence-electron chi connectivity index (χ2n) is 6.11. The van der Waals surface area contributed by atoms with Gasteiger partial charge >= 0.3 is 0 Å². The fraction of sp³-hybridized carbons (Fsp3) is 0.647. The summed E-state index contributed by atoms with van der Waals surface area (Å²) in [5.41, 5.74) is 0.533. The van der Waals surface area contributed by atoms with Crippen molar-refractivity contribution in [3.8, 4) is 0 Å². The van der Waals surface area contributed by atoms with Crippen molar-refractivity contribution >= 4 is 11.8 Å². The SMILES string of the molecule is CCC(C)NC(=O)CCN(CCC(C)C)C(=O)c1ccoc1. The normalized spacial score (nSPS) is 12.2. The third kappa shape index (κ3) is 6.33. The Labute approximate surface area is 133 Å². The van der Waals surface area contributed by atoms with Gasteiger partial charge in [-0.15, -0.1) is 0 Å². The highest BCUT2D eigenvalue weighted by atomic mass is 16.3. The van der Waals surface area contributed by atoms with Crippen LogP contribution in [0.4, 0.5) is 0 Å². The molecule has 1 atom stereocenters. The molecule has 0 fully saturated rings. The number of carbonyl (C=O) groups excluding carboxylic acids is 2. The summed E-state index contributed by atoms with van der Waals surface area (Å²) in [6, 6.07) is 1.82. The molecule has 0 radical (unpaired) electrons. The number of amides is 2. The van der Waals surface area contributed by atoms with Crippen LogP contribution in [-0.2, 0) is 4.79 Å². The Balaban J connectivity index is 2.58. The zero-order valence-corrected chi connectivity index (χ0v) is 14.1. The average Bonchev–Trinajstić information content (AvgIpc) is 3.00. The summed E-state index contributed by atoms with van der Waals surface area (Å²) in [4.78, 5) is 26.1. The largest absolute Gasteiger partial charge is 0.472 e. The van der Waals surface area contributed by atoms with Crippen LogP contribution in [0.1, 0.15) is 57.3 Å². The van der Waals surface area contributed by atoms with E-state index in [1.165, 1.54) is 12.5 Å². The number of carbonyl (C=O) groups is 2.